The molecule has 0 saturated carbocycles. The number of carbonyl (C=O) groups is 1. The molecule has 0 saturated heterocycles. The second-order valence-corrected chi connectivity index (χ2v) is 5.93. The van der Waals surface area contributed by atoms with Gasteiger partial charge in [-0.1, -0.05) is 27.2 Å². The van der Waals surface area contributed by atoms with Gasteiger partial charge in [-0.05, 0) is 31.4 Å². The van der Waals surface area contributed by atoms with E-state index in [4.69, 9.17) is 5.11 Å². The van der Waals surface area contributed by atoms with E-state index in [-0.39, 0.29) is 0 Å². The highest BCUT2D eigenvalue weighted by atomic mass is 32.2. The Kier molecular flexibility index (Phi) is 6.25. The third kappa shape index (κ3) is 4.89. The highest BCUT2D eigenvalue weighted by Gasteiger charge is 2.33. The largest absolute Gasteiger partial charge is 0.480 e. The molecule has 3 heteroatoms. The van der Waals surface area contributed by atoms with E-state index in [0.29, 0.717) is 5.92 Å². The fourth-order valence-corrected chi connectivity index (χ4v) is 2.89. The molecule has 0 amide bonds. The molecular formula is C11H22O2S. The fraction of sp³-hybridized carbons (Fsp3) is 0.909. The zero-order chi connectivity index (χ0) is 11.2. The van der Waals surface area contributed by atoms with Crippen LogP contribution >= 0.6 is 11.8 Å². The average Bonchev–Trinajstić information content (AvgIpc) is 2.03. The Bertz CT molecular complexity index is 180. The zero-order valence-electron chi connectivity index (χ0n) is 9.67. The van der Waals surface area contributed by atoms with Gasteiger partial charge >= 0.3 is 5.97 Å². The summed E-state index contributed by atoms with van der Waals surface area (Å²) < 4.78 is -0.594. The van der Waals surface area contributed by atoms with Crippen molar-refractivity contribution in [1.82, 2.24) is 0 Å². The summed E-state index contributed by atoms with van der Waals surface area (Å²) in [6, 6.07) is 0. The van der Waals surface area contributed by atoms with E-state index >= 15 is 0 Å². The van der Waals surface area contributed by atoms with Crippen molar-refractivity contribution in [3.63, 3.8) is 0 Å². The van der Waals surface area contributed by atoms with Gasteiger partial charge in [0.1, 0.15) is 4.75 Å². The van der Waals surface area contributed by atoms with Crippen LogP contribution in [0.2, 0.25) is 0 Å². The summed E-state index contributed by atoms with van der Waals surface area (Å²) in [6.45, 7) is 8.11. The summed E-state index contributed by atoms with van der Waals surface area (Å²) >= 11 is 1.59. The minimum absolute atomic E-state index is 0.435. The molecule has 0 aliphatic carbocycles. The Morgan fingerprint density at radius 1 is 1.50 bits per heavy atom. The van der Waals surface area contributed by atoms with E-state index in [1.165, 1.54) is 0 Å². The predicted octanol–water partition coefficient (Wildman–Crippen LogP) is 3.41. The minimum Gasteiger partial charge on any atom is -0.480 e. The number of hydrogen-bond acceptors (Lipinski definition) is 2. The Morgan fingerprint density at radius 2 is 2.07 bits per heavy atom. The average molecular weight is 218 g/mol. The molecule has 84 valence electrons. The second-order valence-electron chi connectivity index (χ2n) is 4.34. The number of unbranched alkanes of at least 4 members (excludes halogenated alkanes) is 1. The molecule has 1 N–H and O–H groups in total. The molecule has 0 spiro atoms. The van der Waals surface area contributed by atoms with Crippen molar-refractivity contribution in [2.45, 2.75) is 51.7 Å². The summed E-state index contributed by atoms with van der Waals surface area (Å²) in [5, 5.41) is 9.16. The molecule has 0 fully saturated rings. The van der Waals surface area contributed by atoms with Gasteiger partial charge in [-0.25, -0.2) is 0 Å². The van der Waals surface area contributed by atoms with Gasteiger partial charge in [0.15, 0.2) is 0 Å². The van der Waals surface area contributed by atoms with Crippen LogP contribution in [0.1, 0.15) is 47.0 Å². The van der Waals surface area contributed by atoms with Crippen molar-refractivity contribution in [1.29, 1.82) is 0 Å². The molecule has 0 aliphatic rings. The zero-order valence-corrected chi connectivity index (χ0v) is 10.5. The number of aliphatic carboxylic acids is 1. The van der Waals surface area contributed by atoms with Crippen LogP contribution in [0.5, 0.6) is 0 Å². The van der Waals surface area contributed by atoms with Crippen LogP contribution in [0.15, 0.2) is 0 Å². The van der Waals surface area contributed by atoms with E-state index in [9.17, 15) is 4.79 Å². The van der Waals surface area contributed by atoms with Gasteiger partial charge in [0.2, 0.25) is 0 Å². The van der Waals surface area contributed by atoms with Crippen molar-refractivity contribution in [2.24, 2.45) is 5.92 Å². The lowest BCUT2D eigenvalue weighted by Crippen LogP contribution is -2.33. The maximum Gasteiger partial charge on any atom is 0.319 e. The van der Waals surface area contributed by atoms with Crippen LogP contribution in [0.4, 0.5) is 0 Å². The van der Waals surface area contributed by atoms with Crippen LogP contribution < -0.4 is 0 Å². The first kappa shape index (κ1) is 13.8. The van der Waals surface area contributed by atoms with E-state index in [0.717, 1.165) is 25.0 Å². The maximum atomic E-state index is 11.1. The molecule has 0 aromatic carbocycles. The van der Waals surface area contributed by atoms with Gasteiger partial charge in [-0.3, -0.25) is 4.79 Å². The number of carboxylic acid groups (broad SMARTS) is 1. The monoisotopic (exact) mass is 218 g/mol. The molecule has 0 bridgehead atoms. The quantitative estimate of drug-likeness (QED) is 0.665. The Labute approximate surface area is 91.5 Å². The number of rotatable bonds is 7. The minimum atomic E-state index is -0.674. The van der Waals surface area contributed by atoms with Crippen LogP contribution in [-0.4, -0.2) is 21.6 Å². The number of thioether (sulfide) groups is 1. The topological polar surface area (TPSA) is 37.3 Å². The van der Waals surface area contributed by atoms with Crippen LogP contribution in [-0.2, 0) is 4.79 Å². The van der Waals surface area contributed by atoms with Crippen molar-refractivity contribution >= 4 is 17.7 Å². The van der Waals surface area contributed by atoms with Gasteiger partial charge in [-0.15, -0.1) is 11.8 Å². The summed E-state index contributed by atoms with van der Waals surface area (Å²) in [7, 11) is 0. The van der Waals surface area contributed by atoms with Crippen LogP contribution in [0.3, 0.4) is 0 Å². The first-order chi connectivity index (χ1) is 6.42. The van der Waals surface area contributed by atoms with Crippen molar-refractivity contribution in [3.05, 3.63) is 0 Å². The van der Waals surface area contributed by atoms with E-state index in [1.807, 2.05) is 6.92 Å². The van der Waals surface area contributed by atoms with Crippen molar-refractivity contribution < 1.29 is 9.90 Å². The first-order valence-electron chi connectivity index (χ1n) is 5.29. The van der Waals surface area contributed by atoms with Gasteiger partial charge < -0.3 is 5.11 Å². The Morgan fingerprint density at radius 3 is 2.43 bits per heavy atom. The van der Waals surface area contributed by atoms with Gasteiger partial charge in [0.05, 0.1) is 0 Å². The highest BCUT2D eigenvalue weighted by Crippen LogP contribution is 2.32. The number of hydrogen-bond donors (Lipinski definition) is 1. The number of carboxylic acids is 1. The van der Waals surface area contributed by atoms with E-state index in [2.05, 4.69) is 20.8 Å². The maximum absolute atomic E-state index is 11.1. The SMILES string of the molecule is CCCCSC(C)(CC(C)C)C(=O)O. The van der Waals surface area contributed by atoms with Gasteiger partial charge in [0, 0.05) is 0 Å². The lowest BCUT2D eigenvalue weighted by atomic mass is 9.98. The second kappa shape index (κ2) is 6.33. The lowest BCUT2D eigenvalue weighted by Gasteiger charge is -2.26. The third-order valence-corrected chi connectivity index (χ3v) is 3.64. The van der Waals surface area contributed by atoms with Crippen molar-refractivity contribution in [3.8, 4) is 0 Å². The Hall–Kier alpha value is -0.180. The normalized spacial score (nSPS) is 15.5. The van der Waals surface area contributed by atoms with Gasteiger partial charge in [-0.2, -0.15) is 0 Å². The van der Waals surface area contributed by atoms with E-state index in [1.54, 1.807) is 11.8 Å². The summed E-state index contributed by atoms with van der Waals surface area (Å²) in [6.07, 6.45) is 2.98. The fourth-order valence-electron chi connectivity index (χ4n) is 1.43. The van der Waals surface area contributed by atoms with Crippen LogP contribution in [0, 0.1) is 5.92 Å². The molecule has 0 aromatic heterocycles. The van der Waals surface area contributed by atoms with E-state index < -0.39 is 10.7 Å². The standard InChI is InChI=1S/C11H22O2S/c1-5-6-7-14-11(4,10(12)13)8-9(2)3/h9H,5-8H2,1-4H3,(H,12,13). The molecule has 1 unspecified atom stereocenters. The first-order valence-corrected chi connectivity index (χ1v) is 6.28. The smallest absolute Gasteiger partial charge is 0.319 e. The molecular weight excluding hydrogens is 196 g/mol. The molecule has 0 rings (SSSR count). The molecule has 0 heterocycles. The summed E-state index contributed by atoms with van der Waals surface area (Å²) in [5.41, 5.74) is 0. The predicted molar refractivity (Wildman–Crippen MR) is 62.9 cm³/mol. The van der Waals surface area contributed by atoms with Gasteiger partial charge in [0.25, 0.3) is 0 Å². The Balaban J connectivity index is 4.17. The summed E-state index contributed by atoms with van der Waals surface area (Å²) in [5.74, 6) is 0.712. The molecule has 0 aliphatic heterocycles. The lowest BCUT2D eigenvalue weighted by molar-refractivity contribution is -0.139. The van der Waals surface area contributed by atoms with Crippen LogP contribution in [0.25, 0.3) is 0 Å². The van der Waals surface area contributed by atoms with Crippen molar-refractivity contribution in [2.75, 3.05) is 5.75 Å². The third-order valence-electron chi connectivity index (χ3n) is 2.17. The molecule has 2 nitrogen and oxygen atoms in total. The molecule has 0 radical (unpaired) electrons. The molecule has 14 heavy (non-hydrogen) atoms. The summed E-state index contributed by atoms with van der Waals surface area (Å²) in [4.78, 5) is 11.1. The highest BCUT2D eigenvalue weighted by molar-refractivity contribution is 8.01. The molecule has 0 aromatic rings. The molecule has 1 atom stereocenters.